The topological polar surface area (TPSA) is 64.3 Å². The van der Waals surface area contributed by atoms with Gasteiger partial charge in [-0.3, -0.25) is 4.79 Å². The first-order valence-electron chi connectivity index (χ1n) is 6.59. The van der Waals surface area contributed by atoms with E-state index < -0.39 is 5.82 Å². The molecule has 0 aliphatic heterocycles. The van der Waals surface area contributed by atoms with E-state index >= 15 is 0 Å². The van der Waals surface area contributed by atoms with E-state index in [1.54, 1.807) is 43.3 Å². The Morgan fingerprint density at radius 2 is 1.95 bits per heavy atom. The predicted octanol–water partition coefficient (Wildman–Crippen LogP) is 3.12. The molecule has 110 valence electrons. The van der Waals surface area contributed by atoms with E-state index in [2.05, 4.69) is 5.32 Å². The highest BCUT2D eigenvalue weighted by Gasteiger charge is 2.07. The maximum atomic E-state index is 13.6. The molecule has 0 saturated heterocycles. The van der Waals surface area contributed by atoms with Crippen molar-refractivity contribution in [3.63, 3.8) is 0 Å². The number of rotatable bonds is 5. The SMILES string of the molecule is Cc1ccc(NC(=O)CCOc2ccc(N)cc2)c(F)c1. The maximum absolute atomic E-state index is 13.6. The second-order valence-electron chi connectivity index (χ2n) is 4.70. The van der Waals surface area contributed by atoms with Gasteiger partial charge in [-0.25, -0.2) is 4.39 Å². The number of carbonyl (C=O) groups is 1. The molecule has 2 aromatic carbocycles. The summed E-state index contributed by atoms with van der Waals surface area (Å²) in [6.07, 6.45) is 0.137. The first kappa shape index (κ1) is 14.8. The van der Waals surface area contributed by atoms with Crippen LogP contribution in [-0.4, -0.2) is 12.5 Å². The van der Waals surface area contributed by atoms with Crippen molar-refractivity contribution in [2.45, 2.75) is 13.3 Å². The Bertz CT molecular complexity index is 627. The molecule has 0 aromatic heterocycles. The lowest BCUT2D eigenvalue weighted by Crippen LogP contribution is -2.16. The predicted molar refractivity (Wildman–Crippen MR) is 80.7 cm³/mol. The standard InChI is InChI=1S/C16H17FN2O2/c1-11-2-7-15(14(17)10-11)19-16(20)8-9-21-13-5-3-12(18)4-6-13/h2-7,10H,8-9,18H2,1H3,(H,19,20). The highest BCUT2D eigenvalue weighted by molar-refractivity contribution is 5.90. The number of carbonyl (C=O) groups excluding carboxylic acids is 1. The van der Waals surface area contributed by atoms with Gasteiger partial charge in [0, 0.05) is 5.69 Å². The lowest BCUT2D eigenvalue weighted by atomic mass is 10.2. The van der Waals surface area contributed by atoms with Crippen molar-refractivity contribution in [3.8, 4) is 5.75 Å². The highest BCUT2D eigenvalue weighted by atomic mass is 19.1. The summed E-state index contributed by atoms with van der Waals surface area (Å²) in [5, 5.41) is 2.52. The van der Waals surface area contributed by atoms with Crippen LogP contribution in [0.3, 0.4) is 0 Å². The largest absolute Gasteiger partial charge is 0.493 e. The molecule has 3 N–H and O–H groups in total. The normalized spacial score (nSPS) is 10.2. The van der Waals surface area contributed by atoms with E-state index in [4.69, 9.17) is 10.5 Å². The molecule has 4 nitrogen and oxygen atoms in total. The van der Waals surface area contributed by atoms with Crippen LogP contribution in [0.15, 0.2) is 42.5 Å². The summed E-state index contributed by atoms with van der Waals surface area (Å²) < 4.78 is 19.0. The summed E-state index contributed by atoms with van der Waals surface area (Å²) in [6.45, 7) is 2.00. The van der Waals surface area contributed by atoms with Gasteiger partial charge in [0.15, 0.2) is 0 Å². The van der Waals surface area contributed by atoms with Crippen LogP contribution in [0.25, 0.3) is 0 Å². The molecule has 2 aromatic rings. The molecule has 0 fully saturated rings. The lowest BCUT2D eigenvalue weighted by Gasteiger charge is -2.08. The Kier molecular flexibility index (Phi) is 4.77. The number of halogens is 1. The molecule has 21 heavy (non-hydrogen) atoms. The number of nitrogens with one attached hydrogen (secondary N) is 1. The Labute approximate surface area is 122 Å². The molecule has 0 atom stereocenters. The number of benzene rings is 2. The zero-order chi connectivity index (χ0) is 15.2. The van der Waals surface area contributed by atoms with Gasteiger partial charge in [-0.05, 0) is 48.9 Å². The summed E-state index contributed by atoms with van der Waals surface area (Å²) in [4.78, 5) is 11.7. The first-order chi connectivity index (χ1) is 10.0. The third-order valence-corrected chi connectivity index (χ3v) is 2.88. The van der Waals surface area contributed by atoms with Crippen LogP contribution in [0.5, 0.6) is 5.75 Å². The Hall–Kier alpha value is -2.56. The minimum absolute atomic E-state index is 0.137. The van der Waals surface area contributed by atoms with E-state index in [0.717, 1.165) is 5.56 Å². The van der Waals surface area contributed by atoms with Crippen molar-refractivity contribution in [1.82, 2.24) is 0 Å². The van der Waals surface area contributed by atoms with Gasteiger partial charge in [-0.1, -0.05) is 6.07 Å². The quantitative estimate of drug-likeness (QED) is 0.831. The van der Waals surface area contributed by atoms with Crippen molar-refractivity contribution in [1.29, 1.82) is 0 Å². The minimum atomic E-state index is -0.442. The van der Waals surface area contributed by atoms with Crippen LogP contribution in [0.1, 0.15) is 12.0 Å². The van der Waals surface area contributed by atoms with Gasteiger partial charge in [-0.15, -0.1) is 0 Å². The zero-order valence-corrected chi connectivity index (χ0v) is 11.7. The number of ether oxygens (including phenoxy) is 1. The number of hydrogen-bond acceptors (Lipinski definition) is 3. The van der Waals surface area contributed by atoms with Gasteiger partial charge in [0.05, 0.1) is 18.7 Å². The van der Waals surface area contributed by atoms with Gasteiger partial charge in [0.2, 0.25) is 5.91 Å². The van der Waals surface area contributed by atoms with Crippen molar-refractivity contribution < 1.29 is 13.9 Å². The number of anilines is 2. The average Bonchev–Trinajstić information content (AvgIpc) is 2.44. The monoisotopic (exact) mass is 288 g/mol. The molecular formula is C16H17FN2O2. The second kappa shape index (κ2) is 6.74. The number of nitrogens with two attached hydrogens (primary N) is 1. The van der Waals surface area contributed by atoms with Crippen molar-refractivity contribution in [2.24, 2.45) is 0 Å². The highest BCUT2D eigenvalue weighted by Crippen LogP contribution is 2.16. The van der Waals surface area contributed by atoms with E-state index in [1.807, 2.05) is 0 Å². The van der Waals surface area contributed by atoms with Crippen molar-refractivity contribution in [3.05, 3.63) is 53.8 Å². The third kappa shape index (κ3) is 4.49. The molecule has 0 heterocycles. The minimum Gasteiger partial charge on any atom is -0.493 e. The number of hydrogen-bond donors (Lipinski definition) is 2. The van der Waals surface area contributed by atoms with Crippen molar-refractivity contribution >= 4 is 17.3 Å². The molecule has 0 saturated carbocycles. The fourth-order valence-electron chi connectivity index (χ4n) is 1.76. The summed E-state index contributed by atoms with van der Waals surface area (Å²) in [7, 11) is 0. The van der Waals surface area contributed by atoms with E-state index in [1.165, 1.54) is 6.07 Å². The third-order valence-electron chi connectivity index (χ3n) is 2.88. The first-order valence-corrected chi connectivity index (χ1v) is 6.59. The number of aryl methyl sites for hydroxylation is 1. The summed E-state index contributed by atoms with van der Waals surface area (Å²) in [5.74, 6) is -0.102. The Balaban J connectivity index is 1.81. The lowest BCUT2D eigenvalue weighted by molar-refractivity contribution is -0.116. The van der Waals surface area contributed by atoms with E-state index in [-0.39, 0.29) is 24.6 Å². The fraction of sp³-hybridized carbons (Fsp3) is 0.188. The number of nitrogen functional groups attached to an aromatic ring is 1. The molecule has 0 spiro atoms. The molecule has 0 aliphatic carbocycles. The van der Waals surface area contributed by atoms with Crippen LogP contribution < -0.4 is 15.8 Å². The second-order valence-corrected chi connectivity index (χ2v) is 4.70. The Morgan fingerprint density at radius 1 is 1.24 bits per heavy atom. The van der Waals surface area contributed by atoms with Crippen LogP contribution >= 0.6 is 0 Å². The van der Waals surface area contributed by atoms with Crippen molar-refractivity contribution in [2.75, 3.05) is 17.7 Å². The average molecular weight is 288 g/mol. The van der Waals surface area contributed by atoms with E-state index in [0.29, 0.717) is 11.4 Å². The molecule has 2 rings (SSSR count). The van der Waals surface area contributed by atoms with Gasteiger partial charge >= 0.3 is 0 Å². The smallest absolute Gasteiger partial charge is 0.227 e. The van der Waals surface area contributed by atoms with Crippen LogP contribution in [0, 0.1) is 12.7 Å². The molecule has 5 heteroatoms. The zero-order valence-electron chi connectivity index (χ0n) is 11.7. The number of amides is 1. The van der Waals surface area contributed by atoms with Gasteiger partial charge < -0.3 is 15.8 Å². The van der Waals surface area contributed by atoms with E-state index in [9.17, 15) is 9.18 Å². The van der Waals surface area contributed by atoms with Crippen LogP contribution in [0.2, 0.25) is 0 Å². The summed E-state index contributed by atoms with van der Waals surface area (Å²) >= 11 is 0. The maximum Gasteiger partial charge on any atom is 0.227 e. The summed E-state index contributed by atoms with van der Waals surface area (Å²) in [5.41, 5.74) is 7.19. The molecule has 0 radical (unpaired) electrons. The molecule has 0 aliphatic rings. The van der Waals surface area contributed by atoms with Crippen LogP contribution in [0.4, 0.5) is 15.8 Å². The molecule has 1 amide bonds. The Morgan fingerprint density at radius 3 is 2.62 bits per heavy atom. The van der Waals surface area contributed by atoms with Crippen LogP contribution in [-0.2, 0) is 4.79 Å². The van der Waals surface area contributed by atoms with Gasteiger partial charge in [-0.2, -0.15) is 0 Å². The molecule has 0 bridgehead atoms. The van der Waals surface area contributed by atoms with Gasteiger partial charge in [0.1, 0.15) is 11.6 Å². The fourth-order valence-corrected chi connectivity index (χ4v) is 1.76. The molecular weight excluding hydrogens is 271 g/mol. The summed E-state index contributed by atoms with van der Waals surface area (Å²) in [6, 6.07) is 11.6. The molecule has 0 unspecified atom stereocenters. The van der Waals surface area contributed by atoms with Gasteiger partial charge in [0.25, 0.3) is 0 Å².